The highest BCUT2D eigenvalue weighted by Gasteiger charge is 2.27. The number of rotatable bonds is 10. The van der Waals surface area contributed by atoms with Gasteiger partial charge < -0.3 is 24.4 Å². The third-order valence-electron chi connectivity index (χ3n) is 7.74. The molecular formula is C34H39FN6O4. The fourth-order valence-electron chi connectivity index (χ4n) is 5.41. The Bertz CT molecular complexity index is 1620. The minimum Gasteiger partial charge on any atom is -0.497 e. The number of ether oxygens (including phenoxy) is 3. The quantitative estimate of drug-likeness (QED) is 0.206. The molecule has 1 aliphatic heterocycles. The standard InChI is InChI=1S/C34H39FN6O4/c1-6-16-39-17-19-40(20-18-39)28-12-10-25(21-27(28)35)37-33-36-15-14-31(38-33)41(29-13-11-26(43-4)22-30(29)44-5)34(42)45-32-23(2)8-7-9-24(32)3/h7-15,21-22H,6,16-20H2,1-5H3,(H,36,37,38). The molecule has 0 saturated carbocycles. The van der Waals surface area contributed by atoms with E-state index in [1.165, 1.54) is 24.3 Å². The second-order valence-corrected chi connectivity index (χ2v) is 10.8. The van der Waals surface area contributed by atoms with E-state index < -0.39 is 6.09 Å². The molecule has 3 aromatic carbocycles. The minimum absolute atomic E-state index is 0.171. The first-order chi connectivity index (χ1) is 21.8. The van der Waals surface area contributed by atoms with E-state index in [2.05, 4.69) is 32.0 Å². The topological polar surface area (TPSA) is 92.3 Å². The number of anilines is 5. The number of aromatic nitrogens is 2. The van der Waals surface area contributed by atoms with Crippen molar-refractivity contribution in [3.05, 3.63) is 83.8 Å². The van der Waals surface area contributed by atoms with Gasteiger partial charge >= 0.3 is 6.09 Å². The van der Waals surface area contributed by atoms with Crippen molar-refractivity contribution < 1.29 is 23.4 Å². The first-order valence-electron chi connectivity index (χ1n) is 15.0. The average Bonchev–Trinajstić information content (AvgIpc) is 3.04. The van der Waals surface area contributed by atoms with Crippen LogP contribution >= 0.6 is 0 Å². The summed E-state index contributed by atoms with van der Waals surface area (Å²) in [5.41, 5.74) is 3.04. The van der Waals surface area contributed by atoms with Crippen LogP contribution in [0.1, 0.15) is 24.5 Å². The van der Waals surface area contributed by atoms with Crippen LogP contribution in [0.25, 0.3) is 0 Å². The molecule has 1 saturated heterocycles. The van der Waals surface area contributed by atoms with Crippen LogP contribution in [0.4, 0.5) is 38.0 Å². The van der Waals surface area contributed by atoms with E-state index in [0.717, 1.165) is 50.3 Å². The number of hydrogen-bond donors (Lipinski definition) is 1. The maximum absolute atomic E-state index is 15.3. The van der Waals surface area contributed by atoms with Crippen LogP contribution in [0, 0.1) is 19.7 Å². The zero-order valence-corrected chi connectivity index (χ0v) is 26.3. The fraction of sp³-hybridized carbons (Fsp3) is 0.324. The number of piperazine rings is 1. The van der Waals surface area contributed by atoms with Crippen LogP contribution in [0.3, 0.4) is 0 Å². The van der Waals surface area contributed by atoms with Gasteiger partial charge in [-0.05, 0) is 68.3 Å². The van der Waals surface area contributed by atoms with Gasteiger partial charge in [-0.15, -0.1) is 0 Å². The molecule has 1 aromatic heterocycles. The van der Waals surface area contributed by atoms with E-state index in [9.17, 15) is 4.79 Å². The summed E-state index contributed by atoms with van der Waals surface area (Å²) in [5.74, 6) is 1.43. The third-order valence-corrected chi connectivity index (χ3v) is 7.74. The van der Waals surface area contributed by atoms with Gasteiger partial charge in [0.15, 0.2) is 0 Å². The summed E-state index contributed by atoms with van der Waals surface area (Å²) in [7, 11) is 3.05. The first-order valence-corrected chi connectivity index (χ1v) is 15.0. The Morgan fingerprint density at radius 2 is 1.73 bits per heavy atom. The van der Waals surface area contributed by atoms with Gasteiger partial charge in [-0.1, -0.05) is 25.1 Å². The monoisotopic (exact) mass is 614 g/mol. The molecule has 236 valence electrons. The number of carbonyl (C=O) groups is 1. The highest BCUT2D eigenvalue weighted by molar-refractivity contribution is 5.98. The molecule has 45 heavy (non-hydrogen) atoms. The molecule has 10 nitrogen and oxygen atoms in total. The minimum atomic E-state index is -0.699. The summed E-state index contributed by atoms with van der Waals surface area (Å²) in [6.07, 6.45) is 1.92. The lowest BCUT2D eigenvalue weighted by atomic mass is 10.1. The largest absolute Gasteiger partial charge is 0.497 e. The lowest BCUT2D eigenvalue weighted by Crippen LogP contribution is -2.46. The fourth-order valence-corrected chi connectivity index (χ4v) is 5.41. The Labute approximate surface area is 263 Å². The molecule has 1 amide bonds. The van der Waals surface area contributed by atoms with Crippen LogP contribution < -0.4 is 29.3 Å². The highest BCUT2D eigenvalue weighted by Crippen LogP contribution is 2.37. The SMILES string of the molecule is CCCN1CCN(c2ccc(Nc3nccc(N(C(=O)Oc4c(C)cccc4C)c4ccc(OC)cc4OC)n3)cc2F)CC1. The summed E-state index contributed by atoms with van der Waals surface area (Å²) in [6.45, 7) is 10.3. The molecule has 1 fully saturated rings. The van der Waals surface area contributed by atoms with Crippen molar-refractivity contribution in [2.75, 3.05) is 62.1 Å². The van der Waals surface area contributed by atoms with E-state index in [4.69, 9.17) is 14.2 Å². The van der Waals surface area contributed by atoms with Crippen molar-refractivity contribution in [1.29, 1.82) is 0 Å². The molecule has 0 atom stereocenters. The van der Waals surface area contributed by atoms with Crippen LogP contribution in [0.15, 0.2) is 66.9 Å². The van der Waals surface area contributed by atoms with Gasteiger partial charge in [0.2, 0.25) is 5.95 Å². The van der Waals surface area contributed by atoms with Gasteiger partial charge in [-0.25, -0.2) is 19.1 Å². The summed E-state index contributed by atoms with van der Waals surface area (Å²) in [5, 5.41) is 3.08. The van der Waals surface area contributed by atoms with Gasteiger partial charge in [0.1, 0.15) is 28.9 Å². The van der Waals surface area contributed by atoms with Crippen LogP contribution in [-0.2, 0) is 0 Å². The van der Waals surface area contributed by atoms with Crippen molar-refractivity contribution in [3.63, 3.8) is 0 Å². The third kappa shape index (κ3) is 7.26. The molecule has 0 aliphatic carbocycles. The molecule has 1 N–H and O–H groups in total. The molecule has 2 heterocycles. The number of amides is 1. The normalized spacial score (nSPS) is 13.3. The number of nitrogens with zero attached hydrogens (tertiary/aromatic N) is 5. The maximum Gasteiger partial charge on any atom is 0.425 e. The summed E-state index contributed by atoms with van der Waals surface area (Å²) >= 11 is 0. The molecule has 4 aromatic rings. The maximum atomic E-state index is 15.3. The zero-order chi connectivity index (χ0) is 31.9. The van der Waals surface area contributed by atoms with E-state index >= 15 is 4.39 Å². The molecular weight excluding hydrogens is 575 g/mol. The lowest BCUT2D eigenvalue weighted by Gasteiger charge is -2.36. The van der Waals surface area contributed by atoms with Gasteiger partial charge in [-0.3, -0.25) is 4.90 Å². The Hall–Kier alpha value is -4.90. The molecule has 0 spiro atoms. The lowest BCUT2D eigenvalue weighted by molar-refractivity contribution is 0.209. The number of para-hydroxylation sites is 1. The van der Waals surface area contributed by atoms with Crippen LogP contribution in [0.5, 0.6) is 17.2 Å². The van der Waals surface area contributed by atoms with Crippen molar-refractivity contribution in [3.8, 4) is 17.2 Å². The Morgan fingerprint density at radius 1 is 0.978 bits per heavy atom. The number of benzene rings is 3. The average molecular weight is 615 g/mol. The smallest absolute Gasteiger partial charge is 0.425 e. The zero-order valence-electron chi connectivity index (χ0n) is 26.3. The van der Waals surface area contributed by atoms with E-state index in [0.29, 0.717) is 34.3 Å². The van der Waals surface area contributed by atoms with E-state index in [1.807, 2.05) is 32.0 Å². The number of nitrogens with one attached hydrogen (secondary N) is 1. The number of halogens is 1. The highest BCUT2D eigenvalue weighted by atomic mass is 19.1. The van der Waals surface area contributed by atoms with Gasteiger partial charge in [0.05, 0.1) is 25.6 Å². The molecule has 1 aliphatic rings. The summed E-state index contributed by atoms with van der Waals surface area (Å²) < 4.78 is 32.2. The number of carbonyl (C=O) groups excluding carboxylic acids is 1. The van der Waals surface area contributed by atoms with Crippen molar-refractivity contribution >= 4 is 34.9 Å². The van der Waals surface area contributed by atoms with E-state index in [1.54, 1.807) is 43.5 Å². The first kappa shape index (κ1) is 31.5. The van der Waals surface area contributed by atoms with Gasteiger partial charge in [-0.2, -0.15) is 4.98 Å². The second-order valence-electron chi connectivity index (χ2n) is 10.8. The number of methoxy groups -OCH3 is 2. The summed E-state index contributed by atoms with van der Waals surface area (Å²) in [6, 6.07) is 17.3. The van der Waals surface area contributed by atoms with Gasteiger partial charge in [0, 0.05) is 50.2 Å². The molecule has 5 rings (SSSR count). The second kappa shape index (κ2) is 14.3. The van der Waals surface area contributed by atoms with Crippen molar-refractivity contribution in [2.24, 2.45) is 0 Å². The molecule has 0 bridgehead atoms. The van der Waals surface area contributed by atoms with Crippen LogP contribution in [0.2, 0.25) is 0 Å². The van der Waals surface area contributed by atoms with Crippen molar-refractivity contribution in [2.45, 2.75) is 27.2 Å². The predicted octanol–water partition coefficient (Wildman–Crippen LogP) is 6.86. The van der Waals surface area contributed by atoms with Crippen molar-refractivity contribution in [1.82, 2.24) is 14.9 Å². The Balaban J connectivity index is 1.43. The number of aryl methyl sites for hydroxylation is 2. The molecule has 0 unspecified atom stereocenters. The molecule has 11 heteroatoms. The van der Waals surface area contributed by atoms with Gasteiger partial charge in [0.25, 0.3) is 0 Å². The Morgan fingerprint density at radius 3 is 2.40 bits per heavy atom. The predicted molar refractivity (Wildman–Crippen MR) is 174 cm³/mol. The Kier molecular flexibility index (Phi) is 9.99. The van der Waals surface area contributed by atoms with E-state index in [-0.39, 0.29) is 17.6 Å². The molecule has 0 radical (unpaired) electrons. The van der Waals surface area contributed by atoms with Crippen LogP contribution in [-0.4, -0.2) is 67.9 Å². The summed E-state index contributed by atoms with van der Waals surface area (Å²) in [4.78, 5) is 28.6. The number of hydrogen-bond acceptors (Lipinski definition) is 9.